The lowest BCUT2D eigenvalue weighted by molar-refractivity contribution is 0.338. The van der Waals surface area contributed by atoms with Crippen LogP contribution in [0.15, 0.2) is 12.1 Å². The second-order valence-corrected chi connectivity index (χ2v) is 4.48. The Bertz CT molecular complexity index is 662. The number of ether oxygens (including phenoxy) is 1. The Hall–Kier alpha value is -2.98. The molecule has 0 unspecified atom stereocenters. The summed E-state index contributed by atoms with van der Waals surface area (Å²) in [4.78, 5) is 1.95. The fourth-order valence-electron chi connectivity index (χ4n) is 1.94. The summed E-state index contributed by atoms with van der Waals surface area (Å²) in [6, 6.07) is 3.19. The minimum atomic E-state index is -0.0314. The van der Waals surface area contributed by atoms with Crippen molar-refractivity contribution in [3.8, 4) is 60.9 Å². The van der Waals surface area contributed by atoms with Gasteiger partial charge in [0, 0.05) is 12.1 Å². The first-order valence-corrected chi connectivity index (χ1v) is 6.64. The maximum absolute atomic E-state index is 9.87. The summed E-state index contributed by atoms with van der Waals surface area (Å²) < 4.78 is 5.29. The lowest BCUT2D eigenvalue weighted by Gasteiger charge is -2.17. The van der Waals surface area contributed by atoms with Crippen LogP contribution < -0.4 is 4.74 Å². The van der Waals surface area contributed by atoms with Crippen LogP contribution in [0.3, 0.4) is 0 Å². The predicted molar refractivity (Wildman–Crippen MR) is 88.2 cm³/mol. The maximum atomic E-state index is 9.87. The molecule has 0 saturated heterocycles. The summed E-state index contributed by atoms with van der Waals surface area (Å²) in [7, 11) is 0. The zero-order valence-electron chi connectivity index (χ0n) is 12.3. The molecule has 0 radical (unpaired) electrons. The van der Waals surface area contributed by atoms with Gasteiger partial charge in [0.15, 0.2) is 11.5 Å². The predicted octanol–water partition coefficient (Wildman–Crippen LogP) is 1.50. The molecule has 0 saturated carbocycles. The molecule has 0 fully saturated rings. The Morgan fingerprint density at radius 2 is 1.73 bits per heavy atom. The molecule has 0 aliphatic carbocycles. The number of aromatic hydroxyl groups is 1. The van der Waals surface area contributed by atoms with E-state index in [-0.39, 0.29) is 12.4 Å². The van der Waals surface area contributed by atoms with Crippen molar-refractivity contribution >= 4 is 0 Å². The molecule has 3 nitrogen and oxygen atoms in total. The van der Waals surface area contributed by atoms with E-state index in [1.54, 1.807) is 6.07 Å². The molecule has 22 heavy (non-hydrogen) atoms. The number of phenolic OH excluding ortho intramolecular Hbond substituents is 1. The first kappa shape index (κ1) is 17.1. The van der Waals surface area contributed by atoms with Crippen molar-refractivity contribution in [1.29, 1.82) is 0 Å². The van der Waals surface area contributed by atoms with E-state index in [4.69, 9.17) is 30.4 Å². The van der Waals surface area contributed by atoms with Crippen molar-refractivity contribution < 1.29 is 9.84 Å². The fourth-order valence-corrected chi connectivity index (χ4v) is 1.94. The van der Waals surface area contributed by atoms with Crippen LogP contribution in [0, 0.1) is 49.4 Å². The van der Waals surface area contributed by atoms with Crippen LogP contribution in [0.1, 0.15) is 11.1 Å². The molecule has 0 bridgehead atoms. The van der Waals surface area contributed by atoms with Gasteiger partial charge in [0.25, 0.3) is 0 Å². The van der Waals surface area contributed by atoms with Crippen LogP contribution in [0.25, 0.3) is 0 Å². The minimum absolute atomic E-state index is 0.0314. The first-order valence-electron chi connectivity index (χ1n) is 6.64. The van der Waals surface area contributed by atoms with Gasteiger partial charge in [-0.3, -0.25) is 4.90 Å². The smallest absolute Gasteiger partial charge is 0.162 e. The highest BCUT2D eigenvalue weighted by molar-refractivity contribution is 5.52. The van der Waals surface area contributed by atoms with Crippen LogP contribution in [-0.2, 0) is 6.42 Å². The highest BCUT2D eigenvalue weighted by atomic mass is 16.5. The van der Waals surface area contributed by atoms with Gasteiger partial charge in [-0.15, -0.1) is 25.7 Å². The van der Waals surface area contributed by atoms with Crippen molar-refractivity contribution in [3.05, 3.63) is 23.3 Å². The van der Waals surface area contributed by atoms with Crippen LogP contribution >= 0.6 is 0 Å². The van der Waals surface area contributed by atoms with E-state index < -0.39 is 0 Å². The highest BCUT2D eigenvalue weighted by Crippen LogP contribution is 2.29. The monoisotopic (exact) mass is 291 g/mol. The number of rotatable bonds is 7. The van der Waals surface area contributed by atoms with Gasteiger partial charge in [-0.2, -0.15) is 0 Å². The molecule has 1 rings (SSSR count). The SMILES string of the molecule is C#CCOc1cc(CCN(CC#C)CC#C)c(C#C)cc1O. The van der Waals surface area contributed by atoms with E-state index in [2.05, 4.69) is 23.7 Å². The van der Waals surface area contributed by atoms with E-state index in [1.807, 2.05) is 4.90 Å². The quantitative estimate of drug-likeness (QED) is 0.773. The molecule has 110 valence electrons. The third-order valence-corrected chi connectivity index (χ3v) is 2.98. The zero-order chi connectivity index (χ0) is 16.4. The third kappa shape index (κ3) is 4.85. The average Bonchev–Trinajstić information content (AvgIpc) is 2.52. The van der Waals surface area contributed by atoms with Crippen LogP contribution in [-0.4, -0.2) is 36.2 Å². The number of hydrogen-bond acceptors (Lipinski definition) is 3. The molecular formula is C19H17NO2. The first-order chi connectivity index (χ1) is 10.7. The molecule has 0 atom stereocenters. The summed E-state index contributed by atoms with van der Waals surface area (Å²) in [6.07, 6.45) is 21.9. The number of hydrogen-bond donors (Lipinski definition) is 1. The maximum Gasteiger partial charge on any atom is 0.162 e. The lowest BCUT2D eigenvalue weighted by Crippen LogP contribution is -2.27. The second-order valence-electron chi connectivity index (χ2n) is 4.48. The van der Waals surface area contributed by atoms with Gasteiger partial charge < -0.3 is 9.84 Å². The largest absolute Gasteiger partial charge is 0.504 e. The Morgan fingerprint density at radius 3 is 2.27 bits per heavy atom. The number of phenols is 1. The average molecular weight is 291 g/mol. The summed E-state index contributed by atoms with van der Waals surface area (Å²) >= 11 is 0. The molecular weight excluding hydrogens is 274 g/mol. The van der Waals surface area contributed by atoms with Gasteiger partial charge in [0.1, 0.15) is 6.61 Å². The molecule has 0 aliphatic rings. The van der Waals surface area contributed by atoms with Gasteiger partial charge in [0.05, 0.1) is 13.1 Å². The van der Waals surface area contributed by atoms with Gasteiger partial charge in [0.2, 0.25) is 0 Å². The highest BCUT2D eigenvalue weighted by Gasteiger charge is 2.11. The van der Waals surface area contributed by atoms with Gasteiger partial charge in [-0.1, -0.05) is 23.7 Å². The third-order valence-electron chi connectivity index (χ3n) is 2.98. The summed E-state index contributed by atoms with van der Waals surface area (Å²) in [5.41, 5.74) is 1.47. The van der Waals surface area contributed by atoms with Crippen molar-refractivity contribution in [2.45, 2.75) is 6.42 Å². The number of benzene rings is 1. The van der Waals surface area contributed by atoms with Gasteiger partial charge in [-0.25, -0.2) is 0 Å². The summed E-state index contributed by atoms with van der Waals surface area (Å²) in [5.74, 6) is 10.3. The van der Waals surface area contributed by atoms with E-state index >= 15 is 0 Å². The molecule has 0 spiro atoms. The van der Waals surface area contributed by atoms with E-state index in [1.165, 1.54) is 6.07 Å². The van der Waals surface area contributed by atoms with E-state index in [9.17, 15) is 5.11 Å². The Balaban J connectivity index is 2.93. The second kappa shape index (κ2) is 9.05. The number of nitrogens with zero attached hydrogens (tertiary/aromatic N) is 1. The molecule has 0 heterocycles. The van der Waals surface area contributed by atoms with Crippen LogP contribution in [0.2, 0.25) is 0 Å². The summed E-state index contributed by atoms with van der Waals surface area (Å²) in [5, 5.41) is 9.87. The summed E-state index contributed by atoms with van der Waals surface area (Å²) in [6.45, 7) is 1.66. The molecule has 1 aromatic rings. The Labute approximate surface area is 132 Å². The van der Waals surface area contributed by atoms with Crippen molar-refractivity contribution in [2.75, 3.05) is 26.2 Å². The Kier molecular flexibility index (Phi) is 7.02. The standard InChI is InChI=1S/C19H17NO2/c1-5-10-20(11-6-2)12-9-17-15-19(22-13-7-3)18(21)14-16(17)8-4/h1-4,14-15,21H,9-13H2. The number of terminal acetylenes is 4. The van der Waals surface area contributed by atoms with E-state index in [0.29, 0.717) is 37.4 Å². The van der Waals surface area contributed by atoms with Crippen molar-refractivity contribution in [1.82, 2.24) is 4.90 Å². The van der Waals surface area contributed by atoms with Crippen molar-refractivity contribution in [2.24, 2.45) is 0 Å². The molecule has 0 aromatic heterocycles. The molecule has 0 aliphatic heterocycles. The normalized spacial score (nSPS) is 9.32. The van der Waals surface area contributed by atoms with E-state index in [0.717, 1.165) is 5.56 Å². The van der Waals surface area contributed by atoms with Crippen molar-refractivity contribution in [3.63, 3.8) is 0 Å². The lowest BCUT2D eigenvalue weighted by atomic mass is 10.0. The Morgan fingerprint density at radius 1 is 1.05 bits per heavy atom. The molecule has 0 amide bonds. The van der Waals surface area contributed by atoms with Gasteiger partial charge >= 0.3 is 0 Å². The minimum Gasteiger partial charge on any atom is -0.504 e. The molecule has 3 heteroatoms. The van der Waals surface area contributed by atoms with Gasteiger partial charge in [-0.05, 0) is 24.1 Å². The molecule has 1 N–H and O–H groups in total. The topological polar surface area (TPSA) is 32.7 Å². The molecule has 1 aromatic carbocycles. The zero-order valence-corrected chi connectivity index (χ0v) is 12.3. The van der Waals surface area contributed by atoms with Crippen LogP contribution in [0.4, 0.5) is 0 Å². The van der Waals surface area contributed by atoms with Crippen LogP contribution in [0.5, 0.6) is 11.5 Å². The fraction of sp³-hybridized carbons (Fsp3) is 0.263.